The molecule has 0 saturated carbocycles. The number of ketones is 1. The van der Waals surface area contributed by atoms with Gasteiger partial charge >= 0.3 is 0 Å². The molecule has 0 saturated heterocycles. The monoisotopic (exact) mass is 334 g/mol. The van der Waals surface area contributed by atoms with Gasteiger partial charge in [0.2, 0.25) is 0 Å². The van der Waals surface area contributed by atoms with Crippen LogP contribution in [0.1, 0.15) is 43.5 Å². The van der Waals surface area contributed by atoms with Gasteiger partial charge in [-0.05, 0) is 43.9 Å². The van der Waals surface area contributed by atoms with Crippen LogP contribution >= 0.6 is 15.9 Å². The van der Waals surface area contributed by atoms with Crippen molar-refractivity contribution in [2.45, 2.75) is 39.2 Å². The third kappa shape index (κ3) is 2.69. The van der Waals surface area contributed by atoms with Crippen LogP contribution < -0.4 is 4.74 Å². The van der Waals surface area contributed by atoms with E-state index in [1.807, 2.05) is 18.2 Å². The van der Waals surface area contributed by atoms with Crippen molar-refractivity contribution in [3.8, 4) is 5.75 Å². The molecular formula is C17H19BrO2. The van der Waals surface area contributed by atoms with Gasteiger partial charge in [-0.2, -0.15) is 0 Å². The van der Waals surface area contributed by atoms with E-state index in [1.54, 1.807) is 0 Å². The highest BCUT2D eigenvalue weighted by molar-refractivity contribution is 9.10. The van der Waals surface area contributed by atoms with E-state index in [-0.39, 0.29) is 11.9 Å². The molecule has 0 amide bonds. The molecule has 1 aliphatic heterocycles. The first-order chi connectivity index (χ1) is 9.52. The lowest BCUT2D eigenvalue weighted by molar-refractivity contribution is 0.0685. The van der Waals surface area contributed by atoms with Gasteiger partial charge in [-0.25, -0.2) is 0 Å². The zero-order valence-electron chi connectivity index (χ0n) is 11.9. The first-order valence-electron chi connectivity index (χ1n) is 7.19. The van der Waals surface area contributed by atoms with Gasteiger partial charge in [0.15, 0.2) is 5.78 Å². The van der Waals surface area contributed by atoms with Gasteiger partial charge in [0.25, 0.3) is 0 Å². The number of carbonyl (C=O) groups is 1. The average Bonchev–Trinajstić information content (AvgIpc) is 2.36. The number of ether oxygens (including phenoxy) is 1. The van der Waals surface area contributed by atoms with Gasteiger partial charge < -0.3 is 4.74 Å². The topological polar surface area (TPSA) is 26.3 Å². The molecule has 0 spiro atoms. The van der Waals surface area contributed by atoms with E-state index in [2.05, 4.69) is 35.9 Å². The maximum absolute atomic E-state index is 12.3. The summed E-state index contributed by atoms with van der Waals surface area (Å²) in [5.74, 6) is 1.98. The zero-order valence-corrected chi connectivity index (χ0v) is 13.4. The number of rotatable bonds is 1. The van der Waals surface area contributed by atoms with E-state index >= 15 is 0 Å². The minimum absolute atomic E-state index is 0.0235. The van der Waals surface area contributed by atoms with E-state index in [1.165, 1.54) is 5.57 Å². The lowest BCUT2D eigenvalue weighted by Crippen LogP contribution is -2.35. The minimum Gasteiger partial charge on any atom is -0.489 e. The second-order valence-corrected chi connectivity index (χ2v) is 7.03. The summed E-state index contributed by atoms with van der Waals surface area (Å²) in [5, 5.41) is 0. The molecule has 106 valence electrons. The first-order valence-corrected chi connectivity index (χ1v) is 7.99. The van der Waals surface area contributed by atoms with Crippen molar-refractivity contribution < 1.29 is 9.53 Å². The standard InChI is InChI=1S/C17H19BrO2/c1-10-5-11(2)7-12(6-10)16-9-15(19)14-4-3-13(18)8-17(14)20-16/h3-5,8,10,12,16H,6-7,9H2,1-2H3. The molecule has 2 aliphatic rings. The largest absolute Gasteiger partial charge is 0.489 e. The fourth-order valence-corrected chi connectivity index (χ4v) is 3.80. The SMILES string of the molecule is CC1=CC(C)CC(C2CC(=O)c3ccc(Br)cc3O2)C1. The summed E-state index contributed by atoms with van der Waals surface area (Å²) in [4.78, 5) is 12.3. The van der Waals surface area contributed by atoms with Gasteiger partial charge in [0.1, 0.15) is 11.9 Å². The number of fused-ring (bicyclic) bond motifs is 1. The molecule has 0 bridgehead atoms. The molecule has 3 rings (SSSR count). The Labute approximate surface area is 128 Å². The Bertz CT molecular complexity index is 576. The van der Waals surface area contributed by atoms with Crippen LogP contribution in [0.5, 0.6) is 5.75 Å². The maximum atomic E-state index is 12.3. The van der Waals surface area contributed by atoms with Gasteiger partial charge in [0.05, 0.1) is 5.56 Å². The van der Waals surface area contributed by atoms with Gasteiger partial charge in [-0.3, -0.25) is 4.79 Å². The first kappa shape index (κ1) is 13.9. The minimum atomic E-state index is 0.0235. The van der Waals surface area contributed by atoms with Crippen LogP contribution in [0.25, 0.3) is 0 Å². The third-order valence-electron chi connectivity index (χ3n) is 4.26. The molecule has 3 unspecified atom stereocenters. The Kier molecular flexibility index (Phi) is 3.72. The average molecular weight is 335 g/mol. The van der Waals surface area contributed by atoms with Crippen molar-refractivity contribution in [1.82, 2.24) is 0 Å². The smallest absolute Gasteiger partial charge is 0.170 e. The van der Waals surface area contributed by atoms with Crippen LogP contribution in [-0.2, 0) is 0 Å². The number of halogens is 1. The van der Waals surface area contributed by atoms with Crippen LogP contribution in [0.15, 0.2) is 34.3 Å². The summed E-state index contributed by atoms with van der Waals surface area (Å²) in [5.41, 5.74) is 2.14. The highest BCUT2D eigenvalue weighted by atomic mass is 79.9. The maximum Gasteiger partial charge on any atom is 0.170 e. The molecule has 3 heteroatoms. The lowest BCUT2D eigenvalue weighted by atomic mass is 9.78. The fourth-order valence-electron chi connectivity index (χ4n) is 3.46. The molecule has 1 heterocycles. The van der Waals surface area contributed by atoms with Crippen molar-refractivity contribution in [3.05, 3.63) is 39.9 Å². The van der Waals surface area contributed by atoms with Crippen LogP contribution in [0, 0.1) is 11.8 Å². The zero-order chi connectivity index (χ0) is 14.3. The van der Waals surface area contributed by atoms with E-state index in [4.69, 9.17) is 4.74 Å². The number of benzene rings is 1. The Morgan fingerprint density at radius 1 is 1.30 bits per heavy atom. The summed E-state index contributed by atoms with van der Waals surface area (Å²) in [7, 11) is 0. The molecule has 0 fully saturated rings. The molecule has 1 aliphatic carbocycles. The lowest BCUT2D eigenvalue weighted by Gasteiger charge is -2.35. The number of hydrogen-bond acceptors (Lipinski definition) is 2. The van der Waals surface area contributed by atoms with E-state index in [9.17, 15) is 4.79 Å². The van der Waals surface area contributed by atoms with E-state index in [0.717, 1.165) is 28.6 Å². The summed E-state index contributed by atoms with van der Waals surface area (Å²) in [6.07, 6.45) is 5.03. The molecule has 3 atom stereocenters. The van der Waals surface area contributed by atoms with Crippen LogP contribution in [0.4, 0.5) is 0 Å². The molecule has 0 N–H and O–H groups in total. The van der Waals surface area contributed by atoms with Crippen molar-refractivity contribution in [2.24, 2.45) is 11.8 Å². The van der Waals surface area contributed by atoms with Gasteiger partial charge in [0, 0.05) is 16.8 Å². The fraction of sp³-hybridized carbons (Fsp3) is 0.471. The second kappa shape index (κ2) is 5.36. The summed E-state index contributed by atoms with van der Waals surface area (Å²) < 4.78 is 7.10. The van der Waals surface area contributed by atoms with Crippen LogP contribution in [0.3, 0.4) is 0 Å². The number of hydrogen-bond donors (Lipinski definition) is 0. The number of carbonyl (C=O) groups excluding carboxylic acids is 1. The third-order valence-corrected chi connectivity index (χ3v) is 4.76. The molecule has 20 heavy (non-hydrogen) atoms. The summed E-state index contributed by atoms with van der Waals surface area (Å²) >= 11 is 3.44. The number of Topliss-reactive ketones (excluding diaryl/α,β-unsaturated/α-hetero) is 1. The van der Waals surface area contributed by atoms with E-state index in [0.29, 0.717) is 18.3 Å². The molecule has 2 nitrogen and oxygen atoms in total. The van der Waals surface area contributed by atoms with Crippen molar-refractivity contribution in [1.29, 1.82) is 0 Å². The highest BCUT2D eigenvalue weighted by Gasteiger charge is 2.34. The second-order valence-electron chi connectivity index (χ2n) is 6.11. The van der Waals surface area contributed by atoms with Crippen LogP contribution in [-0.4, -0.2) is 11.9 Å². The van der Waals surface area contributed by atoms with Gasteiger partial charge in [-0.15, -0.1) is 0 Å². The Balaban J connectivity index is 1.84. The summed E-state index contributed by atoms with van der Waals surface area (Å²) in [6, 6.07) is 5.66. The highest BCUT2D eigenvalue weighted by Crippen LogP contribution is 2.38. The molecule has 1 aromatic rings. The Morgan fingerprint density at radius 2 is 2.10 bits per heavy atom. The Hall–Kier alpha value is -1.09. The van der Waals surface area contributed by atoms with Crippen LogP contribution in [0.2, 0.25) is 0 Å². The molecule has 0 radical (unpaired) electrons. The summed E-state index contributed by atoms with van der Waals surface area (Å²) in [6.45, 7) is 4.42. The van der Waals surface area contributed by atoms with Gasteiger partial charge in [-0.1, -0.05) is 34.5 Å². The number of allylic oxidation sites excluding steroid dienone is 2. The predicted molar refractivity (Wildman–Crippen MR) is 83.2 cm³/mol. The van der Waals surface area contributed by atoms with Crippen molar-refractivity contribution >= 4 is 21.7 Å². The molecule has 0 aromatic heterocycles. The molecular weight excluding hydrogens is 316 g/mol. The normalized spacial score (nSPS) is 29.4. The Morgan fingerprint density at radius 3 is 2.85 bits per heavy atom. The molecule has 1 aromatic carbocycles. The van der Waals surface area contributed by atoms with Crippen molar-refractivity contribution in [3.63, 3.8) is 0 Å². The van der Waals surface area contributed by atoms with E-state index < -0.39 is 0 Å². The predicted octanol–water partition coefficient (Wildman–Crippen LogP) is 4.78. The van der Waals surface area contributed by atoms with Crippen molar-refractivity contribution in [2.75, 3.05) is 0 Å². The quantitative estimate of drug-likeness (QED) is 0.691.